The lowest BCUT2D eigenvalue weighted by Gasteiger charge is -2.04. The molecule has 0 saturated heterocycles. The molecule has 0 fully saturated rings. The Morgan fingerprint density at radius 1 is 1.24 bits per heavy atom. The van der Waals surface area contributed by atoms with Gasteiger partial charge in [0.25, 0.3) is 0 Å². The van der Waals surface area contributed by atoms with Crippen molar-refractivity contribution in [1.82, 2.24) is 0 Å². The molecule has 0 aromatic heterocycles. The molecule has 0 saturated carbocycles. The number of ether oxygens (including phenoxy) is 1. The number of hydrogen-bond acceptors (Lipinski definition) is 2. The van der Waals surface area contributed by atoms with Gasteiger partial charge in [0.15, 0.2) is 0 Å². The standard InChI is InChI=1S/C14H10O3/c1-2-7-17-13-6-5-10-8-12(14(15)16)4-3-11(10)9-13/h1,3-6,8-9H,7H2,(H,15,16). The Kier molecular flexibility index (Phi) is 2.97. The predicted molar refractivity (Wildman–Crippen MR) is 65.2 cm³/mol. The fraction of sp³-hybridized carbons (Fsp3) is 0.0714. The van der Waals surface area contributed by atoms with Crippen LogP contribution in [0.25, 0.3) is 10.8 Å². The zero-order valence-electron chi connectivity index (χ0n) is 9.01. The van der Waals surface area contributed by atoms with Gasteiger partial charge < -0.3 is 9.84 Å². The summed E-state index contributed by atoms with van der Waals surface area (Å²) in [5.74, 6) is 2.14. The van der Waals surface area contributed by atoms with Crippen LogP contribution < -0.4 is 4.74 Å². The fourth-order valence-corrected chi connectivity index (χ4v) is 1.57. The molecule has 0 heterocycles. The number of terminal acetylenes is 1. The highest BCUT2D eigenvalue weighted by Crippen LogP contribution is 2.22. The van der Waals surface area contributed by atoms with E-state index in [-0.39, 0.29) is 12.2 Å². The summed E-state index contributed by atoms with van der Waals surface area (Å²) in [4.78, 5) is 10.8. The smallest absolute Gasteiger partial charge is 0.335 e. The summed E-state index contributed by atoms with van der Waals surface area (Å²) in [6.07, 6.45) is 5.10. The third-order valence-corrected chi connectivity index (χ3v) is 2.38. The highest BCUT2D eigenvalue weighted by atomic mass is 16.5. The number of benzene rings is 2. The van der Waals surface area contributed by atoms with Gasteiger partial charge >= 0.3 is 5.97 Å². The zero-order valence-corrected chi connectivity index (χ0v) is 9.01. The van der Waals surface area contributed by atoms with Crippen LogP contribution in [0.15, 0.2) is 36.4 Å². The van der Waals surface area contributed by atoms with Gasteiger partial charge in [-0.1, -0.05) is 18.1 Å². The van der Waals surface area contributed by atoms with Crippen LogP contribution in [0.1, 0.15) is 10.4 Å². The van der Waals surface area contributed by atoms with Crippen LogP contribution in [0.5, 0.6) is 5.75 Å². The highest BCUT2D eigenvalue weighted by Gasteiger charge is 2.04. The summed E-state index contributed by atoms with van der Waals surface area (Å²) >= 11 is 0. The summed E-state index contributed by atoms with van der Waals surface area (Å²) in [6, 6.07) is 10.4. The van der Waals surface area contributed by atoms with E-state index in [9.17, 15) is 4.79 Å². The minimum Gasteiger partial charge on any atom is -0.481 e. The fourth-order valence-electron chi connectivity index (χ4n) is 1.57. The summed E-state index contributed by atoms with van der Waals surface area (Å²) < 4.78 is 5.29. The molecule has 0 bridgehead atoms. The molecule has 0 spiro atoms. The Balaban J connectivity index is 2.40. The van der Waals surface area contributed by atoms with E-state index in [1.54, 1.807) is 24.3 Å². The van der Waals surface area contributed by atoms with Crippen LogP contribution in [-0.4, -0.2) is 17.7 Å². The lowest BCUT2D eigenvalue weighted by atomic mass is 10.1. The molecule has 84 valence electrons. The van der Waals surface area contributed by atoms with Gasteiger partial charge in [-0.15, -0.1) is 6.42 Å². The van der Waals surface area contributed by atoms with Crippen molar-refractivity contribution >= 4 is 16.7 Å². The van der Waals surface area contributed by atoms with Crippen molar-refractivity contribution in [2.75, 3.05) is 6.61 Å². The first-order valence-corrected chi connectivity index (χ1v) is 5.04. The van der Waals surface area contributed by atoms with E-state index in [1.165, 1.54) is 0 Å². The summed E-state index contributed by atoms with van der Waals surface area (Å²) in [7, 11) is 0. The van der Waals surface area contributed by atoms with Crippen LogP contribution in [0.3, 0.4) is 0 Å². The van der Waals surface area contributed by atoms with Crippen molar-refractivity contribution in [3.05, 3.63) is 42.0 Å². The van der Waals surface area contributed by atoms with Gasteiger partial charge in [0.1, 0.15) is 12.4 Å². The van der Waals surface area contributed by atoms with Crippen molar-refractivity contribution < 1.29 is 14.6 Å². The maximum Gasteiger partial charge on any atom is 0.335 e. The van der Waals surface area contributed by atoms with Gasteiger partial charge in [-0.3, -0.25) is 0 Å². The molecular formula is C14H10O3. The SMILES string of the molecule is C#CCOc1ccc2cc(C(=O)O)ccc2c1. The molecule has 3 heteroatoms. The quantitative estimate of drug-likeness (QED) is 0.818. The molecule has 0 atom stereocenters. The minimum absolute atomic E-state index is 0.221. The van der Waals surface area contributed by atoms with Gasteiger partial charge in [-0.05, 0) is 35.0 Å². The van der Waals surface area contributed by atoms with Crippen LogP contribution in [0.2, 0.25) is 0 Å². The second-order valence-corrected chi connectivity index (χ2v) is 3.52. The van der Waals surface area contributed by atoms with E-state index in [2.05, 4.69) is 5.92 Å². The molecule has 1 N–H and O–H groups in total. The number of rotatable bonds is 3. The van der Waals surface area contributed by atoms with Crippen LogP contribution >= 0.6 is 0 Å². The van der Waals surface area contributed by atoms with Gasteiger partial charge in [0, 0.05) is 0 Å². The molecule has 2 rings (SSSR count). The summed E-state index contributed by atoms with van der Waals surface area (Å²) in [5.41, 5.74) is 0.273. The highest BCUT2D eigenvalue weighted by molar-refractivity contribution is 5.94. The van der Waals surface area contributed by atoms with Crippen LogP contribution in [-0.2, 0) is 0 Å². The van der Waals surface area contributed by atoms with Gasteiger partial charge in [-0.2, -0.15) is 0 Å². The van der Waals surface area contributed by atoms with E-state index in [1.807, 2.05) is 12.1 Å². The predicted octanol–water partition coefficient (Wildman–Crippen LogP) is 2.55. The minimum atomic E-state index is -0.931. The maximum atomic E-state index is 10.8. The monoisotopic (exact) mass is 226 g/mol. The van der Waals surface area contributed by atoms with E-state index < -0.39 is 5.97 Å². The third-order valence-electron chi connectivity index (χ3n) is 2.38. The number of carboxylic acid groups (broad SMARTS) is 1. The molecule has 2 aromatic rings. The second-order valence-electron chi connectivity index (χ2n) is 3.52. The number of hydrogen-bond donors (Lipinski definition) is 1. The Labute approximate surface area is 98.6 Å². The second kappa shape index (κ2) is 4.58. The number of fused-ring (bicyclic) bond motifs is 1. The van der Waals surface area contributed by atoms with E-state index >= 15 is 0 Å². The average Bonchev–Trinajstić information content (AvgIpc) is 2.35. The van der Waals surface area contributed by atoms with Crippen molar-refractivity contribution in [3.63, 3.8) is 0 Å². The largest absolute Gasteiger partial charge is 0.481 e. The first-order valence-electron chi connectivity index (χ1n) is 5.04. The lowest BCUT2D eigenvalue weighted by molar-refractivity contribution is 0.0697. The van der Waals surface area contributed by atoms with Gasteiger partial charge in [0.2, 0.25) is 0 Å². The van der Waals surface area contributed by atoms with Crippen LogP contribution in [0, 0.1) is 12.3 Å². The van der Waals surface area contributed by atoms with Crippen molar-refractivity contribution in [1.29, 1.82) is 0 Å². The summed E-state index contributed by atoms with van der Waals surface area (Å²) in [5, 5.41) is 10.6. The molecule has 0 aliphatic carbocycles. The zero-order chi connectivity index (χ0) is 12.3. The molecule has 0 amide bonds. The molecule has 0 aliphatic rings. The lowest BCUT2D eigenvalue weighted by Crippen LogP contribution is -1.96. The first-order chi connectivity index (χ1) is 8.20. The summed E-state index contributed by atoms with van der Waals surface area (Å²) in [6.45, 7) is 0.221. The molecule has 3 nitrogen and oxygen atoms in total. The first kappa shape index (κ1) is 11.0. The Hall–Kier alpha value is -2.47. The number of aromatic carboxylic acids is 1. The van der Waals surface area contributed by atoms with Crippen LogP contribution in [0.4, 0.5) is 0 Å². The van der Waals surface area contributed by atoms with Crippen molar-refractivity contribution in [2.45, 2.75) is 0 Å². The number of carbonyl (C=O) groups is 1. The third kappa shape index (κ3) is 2.37. The van der Waals surface area contributed by atoms with E-state index in [0.717, 1.165) is 10.8 Å². The Bertz CT molecular complexity index is 608. The molecule has 0 aliphatic heterocycles. The van der Waals surface area contributed by atoms with Gasteiger partial charge in [-0.25, -0.2) is 4.79 Å². The molecule has 2 aromatic carbocycles. The van der Waals surface area contributed by atoms with E-state index in [0.29, 0.717) is 5.75 Å². The molecule has 0 unspecified atom stereocenters. The van der Waals surface area contributed by atoms with Crippen molar-refractivity contribution in [3.8, 4) is 18.1 Å². The maximum absolute atomic E-state index is 10.8. The van der Waals surface area contributed by atoms with E-state index in [4.69, 9.17) is 16.3 Å². The molecule has 17 heavy (non-hydrogen) atoms. The Morgan fingerprint density at radius 2 is 1.94 bits per heavy atom. The normalized spacial score (nSPS) is 9.82. The van der Waals surface area contributed by atoms with Gasteiger partial charge in [0.05, 0.1) is 5.56 Å². The number of carboxylic acids is 1. The molecular weight excluding hydrogens is 216 g/mol. The molecule has 0 radical (unpaired) electrons. The van der Waals surface area contributed by atoms with Crippen molar-refractivity contribution in [2.24, 2.45) is 0 Å². The Morgan fingerprint density at radius 3 is 2.65 bits per heavy atom. The average molecular weight is 226 g/mol. The topological polar surface area (TPSA) is 46.5 Å².